The Labute approximate surface area is 99.1 Å². The van der Waals surface area contributed by atoms with E-state index in [-0.39, 0.29) is 30.7 Å². The number of hydrogen-bond donors (Lipinski definition) is 3. The van der Waals surface area contributed by atoms with Crippen LogP contribution in [-0.4, -0.2) is 28.2 Å². The van der Waals surface area contributed by atoms with Gasteiger partial charge in [0.25, 0.3) is 5.56 Å². The number of anilines is 1. The first kappa shape index (κ1) is 13.2. The number of aliphatic hydroxyl groups is 1. The van der Waals surface area contributed by atoms with Crippen molar-refractivity contribution in [1.82, 2.24) is 9.88 Å². The summed E-state index contributed by atoms with van der Waals surface area (Å²) in [5.41, 5.74) is 5.66. The zero-order valence-electron chi connectivity index (χ0n) is 9.72. The summed E-state index contributed by atoms with van der Waals surface area (Å²) < 4.78 is 1.23. The van der Waals surface area contributed by atoms with E-state index in [1.54, 1.807) is 0 Å². The molecule has 0 fully saturated rings. The van der Waals surface area contributed by atoms with E-state index in [1.165, 1.54) is 22.9 Å². The van der Waals surface area contributed by atoms with Crippen molar-refractivity contribution in [2.45, 2.75) is 25.9 Å². The highest BCUT2D eigenvalue weighted by Gasteiger charge is 2.10. The number of nitrogens with two attached hydrogens (primary N) is 1. The van der Waals surface area contributed by atoms with Gasteiger partial charge in [0.15, 0.2) is 0 Å². The topological polar surface area (TPSA) is 97.3 Å². The predicted molar refractivity (Wildman–Crippen MR) is 64.4 cm³/mol. The van der Waals surface area contributed by atoms with Crippen LogP contribution < -0.4 is 16.6 Å². The second-order valence-corrected chi connectivity index (χ2v) is 3.78. The van der Waals surface area contributed by atoms with Gasteiger partial charge in [-0.25, -0.2) is 0 Å². The number of amides is 1. The third kappa shape index (κ3) is 3.92. The number of nitrogen functional groups attached to an aromatic ring is 1. The van der Waals surface area contributed by atoms with Gasteiger partial charge in [-0.2, -0.15) is 0 Å². The number of aromatic nitrogens is 1. The van der Waals surface area contributed by atoms with Gasteiger partial charge in [-0.05, 0) is 12.5 Å². The average molecular weight is 239 g/mol. The first-order chi connectivity index (χ1) is 8.06. The number of aliphatic hydroxyl groups excluding tert-OH is 1. The molecule has 0 radical (unpaired) electrons. The maximum atomic E-state index is 11.6. The normalized spacial score (nSPS) is 12.1. The Morgan fingerprint density at radius 2 is 2.29 bits per heavy atom. The first-order valence-electron chi connectivity index (χ1n) is 5.43. The fraction of sp³-hybridized carbons (Fsp3) is 0.455. The van der Waals surface area contributed by atoms with E-state index < -0.39 is 0 Å². The Kier molecular flexibility index (Phi) is 4.71. The number of carbonyl (C=O) groups is 1. The minimum atomic E-state index is -0.321. The summed E-state index contributed by atoms with van der Waals surface area (Å²) in [7, 11) is 0. The molecule has 1 atom stereocenters. The van der Waals surface area contributed by atoms with Gasteiger partial charge >= 0.3 is 0 Å². The molecule has 4 N–H and O–H groups in total. The molecule has 0 aliphatic heterocycles. The number of hydrogen-bond acceptors (Lipinski definition) is 4. The van der Waals surface area contributed by atoms with Crippen LogP contribution in [0.1, 0.15) is 13.3 Å². The number of carbonyl (C=O) groups excluding carboxylic acids is 1. The summed E-state index contributed by atoms with van der Waals surface area (Å²) in [5, 5.41) is 11.6. The van der Waals surface area contributed by atoms with Gasteiger partial charge in [0.05, 0.1) is 12.6 Å². The van der Waals surface area contributed by atoms with Gasteiger partial charge < -0.3 is 20.7 Å². The van der Waals surface area contributed by atoms with Gasteiger partial charge in [0.1, 0.15) is 6.54 Å². The quantitative estimate of drug-likeness (QED) is 0.634. The molecule has 1 amide bonds. The molecule has 0 spiro atoms. The minimum absolute atomic E-state index is 0.0969. The fourth-order valence-electron chi connectivity index (χ4n) is 1.38. The number of pyridine rings is 1. The van der Waals surface area contributed by atoms with Crippen LogP contribution in [0, 0.1) is 0 Å². The molecule has 0 aliphatic carbocycles. The average Bonchev–Trinajstić information content (AvgIpc) is 2.31. The lowest BCUT2D eigenvalue weighted by Crippen LogP contribution is -2.40. The molecule has 17 heavy (non-hydrogen) atoms. The van der Waals surface area contributed by atoms with Crippen LogP contribution in [0.4, 0.5) is 5.69 Å². The second kappa shape index (κ2) is 6.05. The van der Waals surface area contributed by atoms with E-state index in [2.05, 4.69) is 5.32 Å². The Morgan fingerprint density at radius 1 is 1.59 bits per heavy atom. The van der Waals surface area contributed by atoms with E-state index in [9.17, 15) is 9.59 Å². The Balaban J connectivity index is 2.68. The summed E-state index contributed by atoms with van der Waals surface area (Å²) in [6.45, 7) is 1.64. The van der Waals surface area contributed by atoms with Crippen LogP contribution in [0.5, 0.6) is 0 Å². The number of nitrogens with zero attached hydrogens (tertiary/aromatic N) is 1. The highest BCUT2D eigenvalue weighted by molar-refractivity contribution is 5.76. The van der Waals surface area contributed by atoms with Crippen LogP contribution >= 0.6 is 0 Å². The molecule has 1 unspecified atom stereocenters. The molecule has 0 saturated carbocycles. The van der Waals surface area contributed by atoms with Gasteiger partial charge in [-0.3, -0.25) is 9.59 Å². The molecular weight excluding hydrogens is 222 g/mol. The molecular formula is C11H17N3O3. The molecule has 1 heterocycles. The standard InChI is InChI=1S/C11H17N3O3/c1-2-9(7-15)13-10(16)6-14-5-8(12)3-4-11(14)17/h3-5,9,15H,2,6-7,12H2,1H3,(H,13,16). The first-order valence-corrected chi connectivity index (χ1v) is 5.43. The zero-order valence-corrected chi connectivity index (χ0v) is 9.72. The Morgan fingerprint density at radius 3 is 2.88 bits per heavy atom. The molecule has 0 saturated heterocycles. The minimum Gasteiger partial charge on any atom is -0.398 e. The van der Waals surface area contributed by atoms with E-state index in [0.717, 1.165) is 0 Å². The molecule has 6 heteroatoms. The Bertz CT molecular complexity index is 438. The molecule has 0 aliphatic rings. The SMILES string of the molecule is CCC(CO)NC(=O)Cn1cc(N)ccc1=O. The maximum absolute atomic E-state index is 11.6. The molecule has 0 aromatic carbocycles. The maximum Gasteiger partial charge on any atom is 0.251 e. The highest BCUT2D eigenvalue weighted by Crippen LogP contribution is 1.96. The van der Waals surface area contributed by atoms with Crippen molar-refractivity contribution < 1.29 is 9.90 Å². The van der Waals surface area contributed by atoms with Gasteiger partial charge in [0, 0.05) is 18.0 Å². The summed E-state index contributed by atoms with van der Waals surface area (Å²) in [6, 6.07) is 2.52. The van der Waals surface area contributed by atoms with Crippen LogP contribution in [0.25, 0.3) is 0 Å². The molecule has 6 nitrogen and oxygen atoms in total. The third-order valence-electron chi connectivity index (χ3n) is 2.40. The smallest absolute Gasteiger partial charge is 0.251 e. The summed E-state index contributed by atoms with van der Waals surface area (Å²) >= 11 is 0. The molecule has 1 aromatic rings. The van der Waals surface area contributed by atoms with E-state index in [0.29, 0.717) is 12.1 Å². The molecule has 0 bridgehead atoms. The largest absolute Gasteiger partial charge is 0.398 e. The summed E-state index contributed by atoms with van der Waals surface area (Å²) in [4.78, 5) is 23.0. The summed E-state index contributed by atoms with van der Waals surface area (Å²) in [6.07, 6.45) is 2.05. The van der Waals surface area contributed by atoms with E-state index in [1.807, 2.05) is 6.92 Å². The van der Waals surface area contributed by atoms with Crippen molar-refractivity contribution in [3.05, 3.63) is 28.7 Å². The Hall–Kier alpha value is -1.82. The molecule has 94 valence electrons. The molecule has 1 rings (SSSR count). The van der Waals surface area contributed by atoms with Crippen LogP contribution in [0.2, 0.25) is 0 Å². The van der Waals surface area contributed by atoms with Crippen LogP contribution in [0.3, 0.4) is 0 Å². The fourth-order valence-corrected chi connectivity index (χ4v) is 1.38. The lowest BCUT2D eigenvalue weighted by molar-refractivity contribution is -0.122. The van der Waals surface area contributed by atoms with Crippen molar-refractivity contribution in [3.63, 3.8) is 0 Å². The summed E-state index contributed by atoms with van der Waals surface area (Å²) in [5.74, 6) is -0.321. The van der Waals surface area contributed by atoms with Gasteiger partial charge in [-0.15, -0.1) is 0 Å². The van der Waals surface area contributed by atoms with Crippen molar-refractivity contribution >= 4 is 11.6 Å². The monoisotopic (exact) mass is 239 g/mol. The number of rotatable bonds is 5. The van der Waals surface area contributed by atoms with E-state index >= 15 is 0 Å². The zero-order chi connectivity index (χ0) is 12.8. The lowest BCUT2D eigenvalue weighted by Gasteiger charge is -2.14. The van der Waals surface area contributed by atoms with Crippen LogP contribution in [-0.2, 0) is 11.3 Å². The third-order valence-corrected chi connectivity index (χ3v) is 2.40. The van der Waals surface area contributed by atoms with Gasteiger partial charge in [-0.1, -0.05) is 6.92 Å². The van der Waals surface area contributed by atoms with Crippen molar-refractivity contribution in [2.24, 2.45) is 0 Å². The van der Waals surface area contributed by atoms with Crippen molar-refractivity contribution in [3.8, 4) is 0 Å². The van der Waals surface area contributed by atoms with Crippen LogP contribution in [0.15, 0.2) is 23.1 Å². The van der Waals surface area contributed by atoms with Crippen molar-refractivity contribution in [1.29, 1.82) is 0 Å². The lowest BCUT2D eigenvalue weighted by atomic mass is 10.2. The van der Waals surface area contributed by atoms with Crippen molar-refractivity contribution in [2.75, 3.05) is 12.3 Å². The van der Waals surface area contributed by atoms with Gasteiger partial charge in [0.2, 0.25) is 5.91 Å². The predicted octanol–water partition coefficient (Wildman–Crippen LogP) is -0.682. The highest BCUT2D eigenvalue weighted by atomic mass is 16.3. The second-order valence-electron chi connectivity index (χ2n) is 3.78. The number of nitrogens with one attached hydrogen (secondary N) is 1. The molecule has 1 aromatic heterocycles. The van der Waals surface area contributed by atoms with E-state index in [4.69, 9.17) is 10.8 Å².